The molecule has 5 rings (SSSR count). The van der Waals surface area contributed by atoms with Gasteiger partial charge in [0.15, 0.2) is 0 Å². The van der Waals surface area contributed by atoms with E-state index in [2.05, 4.69) is 21.5 Å². The summed E-state index contributed by atoms with van der Waals surface area (Å²) in [6, 6.07) is 16.6. The van der Waals surface area contributed by atoms with Crippen molar-refractivity contribution in [2.75, 3.05) is 11.9 Å². The number of aromatic nitrogens is 3. The molecule has 5 aromatic rings. The summed E-state index contributed by atoms with van der Waals surface area (Å²) in [5.74, 6) is 0.461. The SMILES string of the molecule is Cc1cc(OCCCc2c(C(=O)Nc3cccc(C#N)c3)[nH]c3c(-c4c(C)nn(C)c4C)c(Cl)ccc23)cc(C)c1Cl. The number of hydrogen-bond acceptors (Lipinski definition) is 4. The Bertz CT molecular complexity index is 1860. The second-order valence-electron chi connectivity index (χ2n) is 10.5. The summed E-state index contributed by atoms with van der Waals surface area (Å²) in [5, 5.41) is 19.1. The highest BCUT2D eigenvalue weighted by atomic mass is 35.5. The minimum absolute atomic E-state index is 0.303. The second kappa shape index (κ2) is 11.9. The summed E-state index contributed by atoms with van der Waals surface area (Å²) in [4.78, 5) is 17.1. The molecule has 9 heteroatoms. The van der Waals surface area contributed by atoms with E-state index in [1.165, 1.54) is 0 Å². The standard InChI is InChI=1S/C33H31Cl2N5O2/c1-18-14-24(15-19(2)30(18)35)42-13-7-10-25-26-11-12-27(34)29(28-20(3)39-40(5)21(28)4)31(26)38-32(25)33(41)37-23-9-6-8-22(16-23)17-36/h6,8-9,11-12,14-16,38H,7,10,13H2,1-5H3,(H,37,41). The van der Waals surface area contributed by atoms with Crippen LogP contribution in [0, 0.1) is 39.0 Å². The van der Waals surface area contributed by atoms with Crippen molar-refractivity contribution in [1.82, 2.24) is 14.8 Å². The van der Waals surface area contributed by atoms with Crippen molar-refractivity contribution in [1.29, 1.82) is 5.26 Å². The molecule has 214 valence electrons. The molecule has 0 radical (unpaired) electrons. The Morgan fingerprint density at radius 2 is 1.81 bits per heavy atom. The minimum Gasteiger partial charge on any atom is -0.494 e. The number of carbonyl (C=O) groups is 1. The zero-order valence-electron chi connectivity index (χ0n) is 24.2. The summed E-state index contributed by atoms with van der Waals surface area (Å²) in [7, 11) is 1.90. The first kappa shape index (κ1) is 29.2. The fourth-order valence-electron chi connectivity index (χ4n) is 5.42. The number of amides is 1. The predicted molar refractivity (Wildman–Crippen MR) is 169 cm³/mol. The topological polar surface area (TPSA) is 95.7 Å². The molecule has 0 bridgehead atoms. The lowest BCUT2D eigenvalue weighted by Gasteiger charge is -2.11. The molecule has 0 aliphatic heterocycles. The average molecular weight is 601 g/mol. The van der Waals surface area contributed by atoms with Gasteiger partial charge in [0.1, 0.15) is 11.4 Å². The number of ether oxygens (including phenoxy) is 1. The van der Waals surface area contributed by atoms with Gasteiger partial charge in [0.05, 0.1) is 34.5 Å². The van der Waals surface area contributed by atoms with Gasteiger partial charge in [0.2, 0.25) is 0 Å². The lowest BCUT2D eigenvalue weighted by Crippen LogP contribution is -2.15. The van der Waals surface area contributed by atoms with Crippen LogP contribution in [-0.2, 0) is 13.5 Å². The van der Waals surface area contributed by atoms with E-state index in [0.717, 1.165) is 60.9 Å². The van der Waals surface area contributed by atoms with Crippen molar-refractivity contribution in [2.24, 2.45) is 7.05 Å². The highest BCUT2D eigenvalue weighted by Gasteiger charge is 2.24. The number of aryl methyl sites for hydroxylation is 5. The number of benzene rings is 3. The van der Waals surface area contributed by atoms with Gasteiger partial charge in [-0.3, -0.25) is 9.48 Å². The summed E-state index contributed by atoms with van der Waals surface area (Å²) >= 11 is 13.1. The van der Waals surface area contributed by atoms with Crippen molar-refractivity contribution in [3.63, 3.8) is 0 Å². The first-order valence-electron chi connectivity index (χ1n) is 13.6. The Morgan fingerprint density at radius 1 is 1.07 bits per heavy atom. The van der Waals surface area contributed by atoms with Gasteiger partial charge in [-0.05, 0) is 93.6 Å². The minimum atomic E-state index is -0.303. The van der Waals surface area contributed by atoms with Crippen molar-refractivity contribution in [3.05, 3.63) is 97.9 Å². The molecule has 0 spiro atoms. The Morgan fingerprint density at radius 3 is 2.48 bits per heavy atom. The Kier molecular flexibility index (Phi) is 8.31. The van der Waals surface area contributed by atoms with E-state index in [0.29, 0.717) is 41.4 Å². The molecule has 42 heavy (non-hydrogen) atoms. The van der Waals surface area contributed by atoms with E-state index >= 15 is 0 Å². The van der Waals surface area contributed by atoms with Gasteiger partial charge in [-0.15, -0.1) is 0 Å². The predicted octanol–water partition coefficient (Wildman–Crippen LogP) is 8.24. The Balaban J connectivity index is 1.53. The molecule has 2 heterocycles. The third kappa shape index (κ3) is 5.61. The molecular weight excluding hydrogens is 569 g/mol. The maximum atomic E-state index is 13.7. The molecule has 3 aromatic carbocycles. The molecule has 7 nitrogen and oxygen atoms in total. The first-order chi connectivity index (χ1) is 20.1. The number of nitriles is 1. The van der Waals surface area contributed by atoms with Crippen LogP contribution in [0.5, 0.6) is 5.75 Å². The number of hydrogen-bond donors (Lipinski definition) is 2. The van der Waals surface area contributed by atoms with Crippen molar-refractivity contribution in [3.8, 4) is 22.9 Å². The van der Waals surface area contributed by atoms with E-state index < -0.39 is 0 Å². The fourth-order valence-corrected chi connectivity index (χ4v) is 5.78. The molecule has 0 saturated carbocycles. The number of H-pyrrole nitrogens is 1. The number of nitrogens with zero attached hydrogens (tertiary/aromatic N) is 3. The Labute approximate surface area is 255 Å². The van der Waals surface area contributed by atoms with Crippen LogP contribution in [0.15, 0.2) is 48.5 Å². The quantitative estimate of drug-likeness (QED) is 0.175. The zero-order chi connectivity index (χ0) is 30.1. The number of aromatic amines is 1. The molecule has 1 amide bonds. The normalized spacial score (nSPS) is 11.1. The van der Waals surface area contributed by atoms with Crippen LogP contribution >= 0.6 is 23.2 Å². The van der Waals surface area contributed by atoms with Gasteiger partial charge in [0, 0.05) is 40.0 Å². The van der Waals surface area contributed by atoms with Gasteiger partial charge >= 0.3 is 0 Å². The van der Waals surface area contributed by atoms with Crippen molar-refractivity contribution < 1.29 is 9.53 Å². The lowest BCUT2D eigenvalue weighted by molar-refractivity contribution is 0.102. The van der Waals surface area contributed by atoms with Gasteiger partial charge in [-0.25, -0.2) is 0 Å². The van der Waals surface area contributed by atoms with E-state index in [1.807, 2.05) is 63.7 Å². The summed E-state index contributed by atoms with van der Waals surface area (Å²) in [6.45, 7) is 8.33. The van der Waals surface area contributed by atoms with E-state index in [4.69, 9.17) is 27.9 Å². The van der Waals surface area contributed by atoms with E-state index in [-0.39, 0.29) is 5.91 Å². The summed E-state index contributed by atoms with van der Waals surface area (Å²) in [5.41, 5.74) is 8.58. The number of anilines is 1. The number of carbonyl (C=O) groups excluding carboxylic acids is 1. The molecular formula is C33H31Cl2N5O2. The van der Waals surface area contributed by atoms with Crippen LogP contribution in [-0.4, -0.2) is 27.3 Å². The first-order valence-corrected chi connectivity index (χ1v) is 14.4. The van der Waals surface area contributed by atoms with E-state index in [9.17, 15) is 10.1 Å². The number of nitrogens with one attached hydrogen (secondary N) is 2. The average Bonchev–Trinajstić information content (AvgIpc) is 3.45. The second-order valence-corrected chi connectivity index (χ2v) is 11.2. The molecule has 0 fully saturated rings. The molecule has 0 aliphatic carbocycles. The van der Waals surface area contributed by atoms with E-state index in [1.54, 1.807) is 24.3 Å². The molecule has 0 unspecified atom stereocenters. The van der Waals surface area contributed by atoms with Crippen molar-refractivity contribution in [2.45, 2.75) is 40.5 Å². The summed E-state index contributed by atoms with van der Waals surface area (Å²) < 4.78 is 7.90. The van der Waals surface area contributed by atoms with Gasteiger partial charge in [-0.1, -0.05) is 35.3 Å². The Hall–Kier alpha value is -4.25. The van der Waals surface area contributed by atoms with Gasteiger partial charge < -0.3 is 15.0 Å². The maximum absolute atomic E-state index is 13.7. The van der Waals surface area contributed by atoms with Gasteiger partial charge in [-0.2, -0.15) is 10.4 Å². The fraction of sp³-hybridized carbons (Fsp3) is 0.242. The maximum Gasteiger partial charge on any atom is 0.272 e. The molecule has 0 atom stereocenters. The number of rotatable bonds is 8. The van der Waals surface area contributed by atoms with Crippen LogP contribution < -0.4 is 10.1 Å². The molecule has 0 aliphatic rings. The molecule has 2 aromatic heterocycles. The third-order valence-electron chi connectivity index (χ3n) is 7.52. The highest BCUT2D eigenvalue weighted by molar-refractivity contribution is 6.35. The molecule has 0 saturated heterocycles. The summed E-state index contributed by atoms with van der Waals surface area (Å²) in [6.07, 6.45) is 1.25. The van der Waals surface area contributed by atoms with Crippen LogP contribution in [0.3, 0.4) is 0 Å². The number of fused-ring (bicyclic) bond motifs is 1. The third-order valence-corrected chi connectivity index (χ3v) is 8.43. The monoisotopic (exact) mass is 599 g/mol. The van der Waals surface area contributed by atoms with Crippen LogP contribution in [0.1, 0.15) is 50.6 Å². The van der Waals surface area contributed by atoms with Crippen molar-refractivity contribution >= 4 is 45.7 Å². The number of halogens is 2. The van der Waals surface area contributed by atoms with Crippen LogP contribution in [0.2, 0.25) is 10.0 Å². The lowest BCUT2D eigenvalue weighted by atomic mass is 9.98. The van der Waals surface area contributed by atoms with Crippen LogP contribution in [0.4, 0.5) is 5.69 Å². The van der Waals surface area contributed by atoms with Gasteiger partial charge in [0.25, 0.3) is 5.91 Å². The highest BCUT2D eigenvalue weighted by Crippen LogP contribution is 2.40. The smallest absolute Gasteiger partial charge is 0.272 e. The van der Waals surface area contributed by atoms with Crippen LogP contribution in [0.25, 0.3) is 22.0 Å². The molecule has 2 N–H and O–H groups in total. The zero-order valence-corrected chi connectivity index (χ0v) is 25.7. The largest absolute Gasteiger partial charge is 0.494 e.